The predicted molar refractivity (Wildman–Crippen MR) is 48.8 cm³/mol. The number of aliphatic hydroxyl groups is 1. The lowest BCUT2D eigenvalue weighted by atomic mass is 10.4. The van der Waals surface area contributed by atoms with Gasteiger partial charge in [0.05, 0.1) is 11.7 Å². The molecule has 0 saturated heterocycles. The lowest BCUT2D eigenvalue weighted by Crippen LogP contribution is -1.92. The molecule has 0 unspecified atom stereocenters. The second kappa shape index (κ2) is 2.88. The highest BCUT2D eigenvalue weighted by atomic mass is 79.9. The normalized spacial score (nSPS) is 10.8. The molecule has 0 amide bonds. The first-order valence-electron chi connectivity index (χ1n) is 3.53. The number of hydrogen-bond donors (Lipinski definition) is 1. The van der Waals surface area contributed by atoms with Crippen molar-refractivity contribution in [2.24, 2.45) is 0 Å². The van der Waals surface area contributed by atoms with Crippen LogP contribution in [-0.4, -0.2) is 14.5 Å². The van der Waals surface area contributed by atoms with Gasteiger partial charge >= 0.3 is 0 Å². The Kier molecular flexibility index (Phi) is 1.86. The van der Waals surface area contributed by atoms with E-state index in [1.165, 1.54) is 0 Å². The van der Waals surface area contributed by atoms with Crippen molar-refractivity contribution in [3.8, 4) is 0 Å². The van der Waals surface area contributed by atoms with E-state index in [4.69, 9.17) is 5.11 Å². The first-order chi connectivity index (χ1) is 5.81. The number of nitrogens with zero attached hydrogens (tertiary/aromatic N) is 2. The van der Waals surface area contributed by atoms with Crippen LogP contribution in [0.1, 0.15) is 5.82 Å². The third-order valence-corrected chi connectivity index (χ3v) is 2.21. The van der Waals surface area contributed by atoms with E-state index >= 15 is 0 Å². The summed E-state index contributed by atoms with van der Waals surface area (Å²) in [5.41, 5.74) is 0.980. The summed E-state index contributed by atoms with van der Waals surface area (Å²) in [5, 5.41) is 8.90. The maximum Gasteiger partial charge on any atom is 0.139 e. The molecule has 0 radical (unpaired) electrons. The van der Waals surface area contributed by atoms with Gasteiger partial charge in [0.1, 0.15) is 12.4 Å². The highest BCUT2D eigenvalue weighted by Crippen LogP contribution is 2.14. The molecule has 12 heavy (non-hydrogen) atoms. The Morgan fingerprint density at radius 2 is 2.42 bits per heavy atom. The third-order valence-electron chi connectivity index (χ3n) is 1.71. The van der Waals surface area contributed by atoms with Crippen LogP contribution >= 0.6 is 15.9 Å². The van der Waals surface area contributed by atoms with E-state index in [1.807, 2.05) is 22.7 Å². The van der Waals surface area contributed by atoms with Crippen LogP contribution in [0.5, 0.6) is 0 Å². The molecule has 2 aromatic heterocycles. The highest BCUT2D eigenvalue weighted by molar-refractivity contribution is 9.10. The number of halogens is 1. The van der Waals surface area contributed by atoms with Gasteiger partial charge in [0, 0.05) is 10.7 Å². The van der Waals surface area contributed by atoms with Gasteiger partial charge in [-0.2, -0.15) is 0 Å². The number of rotatable bonds is 1. The van der Waals surface area contributed by atoms with E-state index in [9.17, 15) is 0 Å². The minimum Gasteiger partial charge on any atom is -0.388 e. The number of aliphatic hydroxyl groups excluding tert-OH is 1. The van der Waals surface area contributed by atoms with Gasteiger partial charge in [0.15, 0.2) is 0 Å². The predicted octanol–water partition coefficient (Wildman–Crippen LogP) is 1.59. The Hall–Kier alpha value is -0.870. The molecule has 0 saturated carbocycles. The number of imidazole rings is 1. The zero-order chi connectivity index (χ0) is 8.55. The average Bonchev–Trinajstić information content (AvgIpc) is 2.46. The molecule has 2 rings (SSSR count). The lowest BCUT2D eigenvalue weighted by Gasteiger charge is -1.96. The fourth-order valence-electron chi connectivity index (χ4n) is 1.15. The molecule has 2 aromatic rings. The van der Waals surface area contributed by atoms with E-state index in [0.29, 0.717) is 5.82 Å². The molecule has 0 aliphatic rings. The Balaban J connectivity index is 2.73. The van der Waals surface area contributed by atoms with E-state index in [2.05, 4.69) is 20.9 Å². The van der Waals surface area contributed by atoms with Gasteiger partial charge in [-0.1, -0.05) is 15.9 Å². The molecule has 0 atom stereocenters. The first kappa shape index (κ1) is 7.76. The van der Waals surface area contributed by atoms with Crippen molar-refractivity contribution in [3.05, 3.63) is 34.8 Å². The molecule has 0 bridgehead atoms. The quantitative estimate of drug-likeness (QED) is 0.803. The Labute approximate surface area is 77.8 Å². The first-order valence-corrected chi connectivity index (χ1v) is 4.33. The Bertz CT molecular complexity index is 410. The zero-order valence-electron chi connectivity index (χ0n) is 6.24. The largest absolute Gasteiger partial charge is 0.388 e. The minimum atomic E-state index is -0.0319. The van der Waals surface area contributed by atoms with Crippen molar-refractivity contribution in [3.63, 3.8) is 0 Å². The fourth-order valence-corrected chi connectivity index (χ4v) is 1.50. The highest BCUT2D eigenvalue weighted by Gasteiger charge is 2.00. The standard InChI is InChI=1S/C8H7BrN2O/c9-6-1-2-11-7(3-6)4-10-8(11)5-12/h1-4,12H,5H2. The molecule has 3 nitrogen and oxygen atoms in total. The summed E-state index contributed by atoms with van der Waals surface area (Å²) in [6.07, 6.45) is 3.61. The van der Waals surface area contributed by atoms with Crippen molar-refractivity contribution < 1.29 is 5.11 Å². The number of fused-ring (bicyclic) bond motifs is 1. The SMILES string of the molecule is OCc1ncc2cc(Br)ccn12. The van der Waals surface area contributed by atoms with Crippen LogP contribution in [0.2, 0.25) is 0 Å². The van der Waals surface area contributed by atoms with Crippen LogP contribution in [0.25, 0.3) is 5.52 Å². The number of pyridine rings is 1. The molecule has 62 valence electrons. The summed E-state index contributed by atoms with van der Waals surface area (Å²) in [6, 6.07) is 3.86. The molecule has 0 aromatic carbocycles. The molecule has 0 fully saturated rings. The summed E-state index contributed by atoms with van der Waals surface area (Å²) >= 11 is 3.36. The molecular formula is C8H7BrN2O. The van der Waals surface area contributed by atoms with Gasteiger partial charge in [-0.15, -0.1) is 0 Å². The van der Waals surface area contributed by atoms with Gasteiger partial charge in [0.25, 0.3) is 0 Å². The molecule has 0 aliphatic carbocycles. The van der Waals surface area contributed by atoms with E-state index in [0.717, 1.165) is 9.99 Å². The summed E-state index contributed by atoms with van der Waals surface area (Å²) < 4.78 is 2.87. The molecule has 0 spiro atoms. The van der Waals surface area contributed by atoms with Crippen LogP contribution in [0.15, 0.2) is 29.0 Å². The minimum absolute atomic E-state index is 0.0319. The van der Waals surface area contributed by atoms with Gasteiger partial charge in [-0.3, -0.25) is 0 Å². The van der Waals surface area contributed by atoms with Crippen molar-refractivity contribution >= 4 is 21.4 Å². The van der Waals surface area contributed by atoms with Crippen molar-refractivity contribution in [2.75, 3.05) is 0 Å². The maximum absolute atomic E-state index is 8.90. The molecular weight excluding hydrogens is 220 g/mol. The molecule has 0 aliphatic heterocycles. The van der Waals surface area contributed by atoms with Crippen LogP contribution in [0, 0.1) is 0 Å². The van der Waals surface area contributed by atoms with Crippen LogP contribution < -0.4 is 0 Å². The van der Waals surface area contributed by atoms with E-state index in [1.54, 1.807) is 6.20 Å². The smallest absolute Gasteiger partial charge is 0.139 e. The zero-order valence-corrected chi connectivity index (χ0v) is 7.82. The summed E-state index contributed by atoms with van der Waals surface area (Å²) in [4.78, 5) is 4.05. The third kappa shape index (κ3) is 1.13. The van der Waals surface area contributed by atoms with Crippen molar-refractivity contribution in [2.45, 2.75) is 6.61 Å². The summed E-state index contributed by atoms with van der Waals surface area (Å²) in [6.45, 7) is -0.0319. The fraction of sp³-hybridized carbons (Fsp3) is 0.125. The molecule has 2 heterocycles. The summed E-state index contributed by atoms with van der Waals surface area (Å²) in [7, 11) is 0. The van der Waals surface area contributed by atoms with Crippen LogP contribution in [0.3, 0.4) is 0 Å². The molecule has 1 N–H and O–H groups in total. The van der Waals surface area contributed by atoms with E-state index < -0.39 is 0 Å². The monoisotopic (exact) mass is 226 g/mol. The maximum atomic E-state index is 8.90. The Morgan fingerprint density at radius 3 is 3.17 bits per heavy atom. The van der Waals surface area contributed by atoms with Gasteiger partial charge in [-0.05, 0) is 12.1 Å². The van der Waals surface area contributed by atoms with Gasteiger partial charge in [0.2, 0.25) is 0 Å². The number of hydrogen-bond acceptors (Lipinski definition) is 2. The lowest BCUT2D eigenvalue weighted by molar-refractivity contribution is 0.270. The van der Waals surface area contributed by atoms with E-state index in [-0.39, 0.29) is 6.61 Å². The average molecular weight is 227 g/mol. The van der Waals surface area contributed by atoms with Gasteiger partial charge in [-0.25, -0.2) is 4.98 Å². The Morgan fingerprint density at radius 1 is 1.58 bits per heavy atom. The second-order valence-corrected chi connectivity index (χ2v) is 3.39. The number of aromatic nitrogens is 2. The molecule has 4 heteroatoms. The summed E-state index contributed by atoms with van der Waals surface area (Å²) in [5.74, 6) is 0.664. The van der Waals surface area contributed by atoms with Gasteiger partial charge < -0.3 is 9.51 Å². The van der Waals surface area contributed by atoms with Crippen LogP contribution in [0.4, 0.5) is 0 Å². The van der Waals surface area contributed by atoms with Crippen LogP contribution in [-0.2, 0) is 6.61 Å². The second-order valence-electron chi connectivity index (χ2n) is 2.47. The topological polar surface area (TPSA) is 37.5 Å². The van der Waals surface area contributed by atoms with Crippen molar-refractivity contribution in [1.29, 1.82) is 0 Å². The van der Waals surface area contributed by atoms with Crippen molar-refractivity contribution in [1.82, 2.24) is 9.38 Å².